The van der Waals surface area contributed by atoms with Gasteiger partial charge in [-0.1, -0.05) is 19.1 Å². The Kier molecular flexibility index (Phi) is 5.69. The van der Waals surface area contributed by atoms with Crippen molar-refractivity contribution in [2.75, 3.05) is 13.6 Å². The number of amides is 4. The van der Waals surface area contributed by atoms with E-state index in [9.17, 15) is 18.8 Å². The minimum absolute atomic E-state index is 0.0142. The van der Waals surface area contributed by atoms with Gasteiger partial charge in [-0.15, -0.1) is 0 Å². The first-order valence-corrected chi connectivity index (χ1v) is 9.64. The lowest BCUT2D eigenvalue weighted by Gasteiger charge is -2.33. The molecule has 0 aromatic heterocycles. The number of halogens is 1. The zero-order chi connectivity index (χ0) is 20.5. The van der Waals surface area contributed by atoms with E-state index in [4.69, 9.17) is 0 Å². The predicted molar refractivity (Wildman–Crippen MR) is 101 cm³/mol. The quantitative estimate of drug-likeness (QED) is 0.756. The highest BCUT2D eigenvalue weighted by Gasteiger charge is 2.52. The number of nitrogens with one attached hydrogen (secondary N) is 2. The van der Waals surface area contributed by atoms with Crippen LogP contribution < -0.4 is 10.7 Å². The number of imide groups is 1. The summed E-state index contributed by atoms with van der Waals surface area (Å²) >= 11 is 0. The largest absolute Gasteiger partial charge is 0.344 e. The van der Waals surface area contributed by atoms with Crippen LogP contribution in [-0.4, -0.2) is 46.9 Å². The Morgan fingerprint density at radius 3 is 2.54 bits per heavy atom. The van der Waals surface area contributed by atoms with E-state index in [0.29, 0.717) is 18.8 Å². The number of urea groups is 1. The summed E-state index contributed by atoms with van der Waals surface area (Å²) in [5.41, 5.74) is 2.42. The first-order chi connectivity index (χ1) is 13.2. The first-order valence-electron chi connectivity index (χ1n) is 9.64. The molecule has 8 heteroatoms. The second kappa shape index (κ2) is 7.87. The van der Waals surface area contributed by atoms with Gasteiger partial charge in [-0.3, -0.25) is 19.9 Å². The molecule has 7 nitrogen and oxygen atoms in total. The molecular weight excluding hydrogens is 363 g/mol. The monoisotopic (exact) mass is 390 g/mol. The van der Waals surface area contributed by atoms with Crippen LogP contribution in [0.5, 0.6) is 0 Å². The summed E-state index contributed by atoms with van der Waals surface area (Å²) in [6, 6.07) is 5.36. The molecule has 1 aromatic rings. The fraction of sp³-hybridized carbons (Fsp3) is 0.550. The van der Waals surface area contributed by atoms with Gasteiger partial charge in [0.1, 0.15) is 11.4 Å². The number of carbonyl (C=O) groups is 3. The van der Waals surface area contributed by atoms with Gasteiger partial charge in [0.25, 0.3) is 11.8 Å². The van der Waals surface area contributed by atoms with E-state index in [1.54, 1.807) is 24.1 Å². The van der Waals surface area contributed by atoms with E-state index in [0.717, 1.165) is 23.4 Å². The summed E-state index contributed by atoms with van der Waals surface area (Å²) < 4.78 is 13.1. The predicted octanol–water partition coefficient (Wildman–Crippen LogP) is 2.35. The number of benzene rings is 1. The van der Waals surface area contributed by atoms with Crippen LogP contribution in [0.2, 0.25) is 0 Å². The number of carbonyl (C=O) groups excluding carboxylic acids is 3. The van der Waals surface area contributed by atoms with Crippen LogP contribution in [0, 0.1) is 11.7 Å². The fourth-order valence-corrected chi connectivity index (χ4v) is 3.83. The number of nitrogens with zero attached hydrogens (tertiary/aromatic N) is 2. The van der Waals surface area contributed by atoms with Gasteiger partial charge in [0, 0.05) is 6.04 Å². The minimum atomic E-state index is -0.885. The van der Waals surface area contributed by atoms with E-state index in [1.165, 1.54) is 12.1 Å². The Balaban J connectivity index is 1.59. The molecule has 2 N–H and O–H groups in total. The zero-order valence-corrected chi connectivity index (χ0v) is 16.5. The second-order valence-electron chi connectivity index (χ2n) is 8.01. The van der Waals surface area contributed by atoms with Crippen LogP contribution in [0.3, 0.4) is 0 Å². The van der Waals surface area contributed by atoms with Crippen molar-refractivity contribution in [3.8, 4) is 0 Å². The smallest absolute Gasteiger partial charge is 0.322 e. The molecule has 4 amide bonds. The maximum absolute atomic E-state index is 13.1. The summed E-state index contributed by atoms with van der Waals surface area (Å²) in [7, 11) is 1.75. The van der Waals surface area contributed by atoms with Crippen molar-refractivity contribution in [1.29, 1.82) is 0 Å². The van der Waals surface area contributed by atoms with Crippen LogP contribution in [0.25, 0.3) is 0 Å². The molecule has 1 unspecified atom stereocenters. The minimum Gasteiger partial charge on any atom is -0.322 e. The van der Waals surface area contributed by atoms with Crippen molar-refractivity contribution >= 4 is 17.8 Å². The lowest BCUT2D eigenvalue weighted by Crippen LogP contribution is -2.52. The molecule has 2 fully saturated rings. The highest BCUT2D eigenvalue weighted by atomic mass is 19.1. The van der Waals surface area contributed by atoms with E-state index in [-0.39, 0.29) is 24.3 Å². The summed E-state index contributed by atoms with van der Waals surface area (Å²) in [6.07, 6.45) is 2.91. The van der Waals surface area contributed by atoms with Crippen molar-refractivity contribution in [2.24, 2.45) is 5.92 Å². The molecule has 1 spiro atoms. The Labute approximate surface area is 164 Å². The van der Waals surface area contributed by atoms with Gasteiger partial charge in [-0.25, -0.2) is 9.18 Å². The average Bonchev–Trinajstić information content (AvgIpc) is 2.88. The summed E-state index contributed by atoms with van der Waals surface area (Å²) in [4.78, 5) is 39.3. The molecule has 3 rings (SSSR count). The zero-order valence-electron chi connectivity index (χ0n) is 16.5. The van der Waals surface area contributed by atoms with Crippen molar-refractivity contribution in [3.05, 3.63) is 35.6 Å². The summed E-state index contributed by atoms with van der Waals surface area (Å²) in [5.74, 6) is -0.630. The molecular formula is C20H27FN4O3. The van der Waals surface area contributed by atoms with Gasteiger partial charge in [-0.05, 0) is 63.3 Å². The molecule has 0 radical (unpaired) electrons. The highest BCUT2D eigenvalue weighted by molar-refractivity contribution is 6.08. The van der Waals surface area contributed by atoms with Crippen molar-refractivity contribution in [3.63, 3.8) is 0 Å². The highest BCUT2D eigenvalue weighted by Crippen LogP contribution is 2.35. The number of likely N-dealkylation sites (N-methyl/N-ethyl adjacent to an activating group) is 1. The lowest BCUT2D eigenvalue weighted by molar-refractivity contribution is -0.140. The molecule has 1 saturated carbocycles. The maximum Gasteiger partial charge on any atom is 0.344 e. The third kappa shape index (κ3) is 4.01. The Hall–Kier alpha value is -2.48. The average molecular weight is 390 g/mol. The lowest BCUT2D eigenvalue weighted by atomic mass is 9.77. The maximum atomic E-state index is 13.1. The number of hydrogen-bond acceptors (Lipinski definition) is 4. The molecule has 1 aromatic carbocycles. The van der Waals surface area contributed by atoms with Gasteiger partial charge >= 0.3 is 6.03 Å². The molecule has 28 heavy (non-hydrogen) atoms. The second-order valence-corrected chi connectivity index (χ2v) is 8.01. The van der Waals surface area contributed by atoms with Gasteiger partial charge < -0.3 is 5.32 Å². The van der Waals surface area contributed by atoms with Crippen LogP contribution >= 0.6 is 0 Å². The molecule has 1 aliphatic heterocycles. The Morgan fingerprint density at radius 1 is 1.32 bits per heavy atom. The standard InChI is InChI=1S/C20H27FN4O3/c1-13-8-10-20(11-9-13)18(27)25(19(28)22-20)23-17(26)12-24(3)14(2)15-4-6-16(21)7-5-15/h4-7,13-14H,8-12H2,1-3H3,(H,22,28)(H,23,26). The molecule has 1 atom stereocenters. The van der Waals surface area contributed by atoms with Crippen molar-refractivity contribution in [2.45, 2.75) is 51.1 Å². The number of rotatable bonds is 5. The van der Waals surface area contributed by atoms with Crippen molar-refractivity contribution in [1.82, 2.24) is 20.7 Å². The topological polar surface area (TPSA) is 81.8 Å². The van der Waals surface area contributed by atoms with E-state index in [2.05, 4.69) is 17.7 Å². The van der Waals surface area contributed by atoms with Crippen molar-refractivity contribution < 1.29 is 18.8 Å². The normalized spacial score (nSPS) is 25.9. The Morgan fingerprint density at radius 2 is 1.93 bits per heavy atom. The molecule has 1 aliphatic carbocycles. The summed E-state index contributed by atoms with van der Waals surface area (Å²) in [6.45, 7) is 4.01. The third-order valence-electron chi connectivity index (χ3n) is 5.93. The Bertz CT molecular complexity index is 759. The molecule has 152 valence electrons. The SMILES string of the molecule is CC1CCC2(CC1)NC(=O)N(NC(=O)CN(C)C(C)c1ccc(F)cc1)C2=O. The molecule has 2 aliphatic rings. The van der Waals surface area contributed by atoms with Crippen LogP contribution in [-0.2, 0) is 9.59 Å². The first kappa shape index (κ1) is 20.3. The van der Waals surface area contributed by atoms with Gasteiger partial charge in [0.2, 0.25) is 0 Å². The van der Waals surface area contributed by atoms with Gasteiger partial charge in [0.15, 0.2) is 0 Å². The van der Waals surface area contributed by atoms with E-state index < -0.39 is 17.5 Å². The fourth-order valence-electron chi connectivity index (χ4n) is 3.83. The number of hydrogen-bond donors (Lipinski definition) is 2. The molecule has 1 saturated heterocycles. The molecule has 0 bridgehead atoms. The third-order valence-corrected chi connectivity index (χ3v) is 5.93. The van der Waals surface area contributed by atoms with Crippen LogP contribution in [0.4, 0.5) is 9.18 Å². The van der Waals surface area contributed by atoms with Crippen LogP contribution in [0.1, 0.15) is 51.1 Å². The number of hydrazine groups is 1. The van der Waals surface area contributed by atoms with Gasteiger partial charge in [0.05, 0.1) is 6.54 Å². The van der Waals surface area contributed by atoms with Gasteiger partial charge in [-0.2, -0.15) is 5.01 Å². The van der Waals surface area contributed by atoms with E-state index >= 15 is 0 Å². The van der Waals surface area contributed by atoms with E-state index in [1.807, 2.05) is 6.92 Å². The summed E-state index contributed by atoms with van der Waals surface area (Å²) in [5, 5.41) is 3.59. The van der Waals surface area contributed by atoms with Crippen LogP contribution in [0.15, 0.2) is 24.3 Å². The molecule has 1 heterocycles.